The fraction of sp³-hybridized carbons (Fsp3) is 0.429. The monoisotopic (exact) mass is 282 g/mol. The number of nitrogens with two attached hydrogens (primary N) is 1. The Balaban J connectivity index is 2.70. The van der Waals surface area contributed by atoms with Gasteiger partial charge in [-0.05, 0) is 15.9 Å². The molecule has 8 heteroatoms. The Morgan fingerprint density at radius 3 is 2.80 bits per heavy atom. The normalized spacial score (nSPS) is 11.5. The minimum Gasteiger partial charge on any atom is -0.390 e. The van der Waals surface area contributed by atoms with E-state index in [0.29, 0.717) is 4.47 Å². The molecule has 84 valence electrons. The molecule has 0 saturated heterocycles. The summed E-state index contributed by atoms with van der Waals surface area (Å²) in [6.07, 6.45) is 1.15. The van der Waals surface area contributed by atoms with Crippen LogP contribution in [0, 0.1) is 0 Å². The number of nitrogens with zero attached hydrogens (tertiary/aromatic N) is 2. The number of alkyl halides is 2. The van der Waals surface area contributed by atoms with Crippen molar-refractivity contribution in [2.75, 3.05) is 24.2 Å². The molecule has 0 bridgehead atoms. The maximum absolute atomic E-state index is 12.7. The first-order valence-corrected chi connectivity index (χ1v) is 4.74. The van der Waals surface area contributed by atoms with Crippen molar-refractivity contribution in [3.8, 4) is 0 Å². The van der Waals surface area contributed by atoms with Gasteiger partial charge in [0.2, 0.25) is 0 Å². The van der Waals surface area contributed by atoms with Gasteiger partial charge in [-0.1, -0.05) is 0 Å². The largest absolute Gasteiger partial charge is 0.390 e. The Kier molecular flexibility index (Phi) is 3.75. The fourth-order valence-corrected chi connectivity index (χ4v) is 1.12. The fourth-order valence-electron chi connectivity index (χ4n) is 0.776. The highest BCUT2D eigenvalue weighted by Gasteiger charge is 2.27. The number of aromatic nitrogens is 2. The van der Waals surface area contributed by atoms with Gasteiger partial charge >= 0.3 is 0 Å². The summed E-state index contributed by atoms with van der Waals surface area (Å²) in [6.45, 7) is -1.95. The lowest BCUT2D eigenvalue weighted by atomic mass is 10.3. The number of nitrogens with one attached hydrogen (secondary N) is 1. The lowest BCUT2D eigenvalue weighted by molar-refractivity contribution is -0.0373. The Hall–Kier alpha value is -1.02. The van der Waals surface area contributed by atoms with Crippen LogP contribution in [0.4, 0.5) is 20.4 Å². The Labute approximate surface area is 92.8 Å². The van der Waals surface area contributed by atoms with Crippen LogP contribution >= 0.6 is 15.9 Å². The van der Waals surface area contributed by atoms with Crippen LogP contribution in [0.25, 0.3) is 0 Å². The number of aliphatic hydroxyl groups excluding tert-OH is 1. The van der Waals surface area contributed by atoms with Gasteiger partial charge in [0.15, 0.2) is 0 Å². The summed E-state index contributed by atoms with van der Waals surface area (Å²) in [7, 11) is 0. The SMILES string of the molecule is Nc1ncnc(NCC(F)(F)CO)c1Br. The molecule has 0 radical (unpaired) electrons. The Morgan fingerprint density at radius 2 is 2.20 bits per heavy atom. The second-order valence-corrected chi connectivity index (χ2v) is 3.58. The Morgan fingerprint density at radius 1 is 1.53 bits per heavy atom. The van der Waals surface area contributed by atoms with Crippen molar-refractivity contribution in [2.24, 2.45) is 0 Å². The average Bonchev–Trinajstić information content (AvgIpc) is 2.20. The summed E-state index contributed by atoms with van der Waals surface area (Å²) in [4.78, 5) is 7.36. The molecular formula is C7H9BrF2N4O. The molecule has 0 aliphatic heterocycles. The van der Waals surface area contributed by atoms with E-state index in [1.54, 1.807) is 0 Å². The molecule has 0 saturated carbocycles. The molecule has 0 aromatic carbocycles. The van der Waals surface area contributed by atoms with E-state index in [-0.39, 0.29) is 11.6 Å². The van der Waals surface area contributed by atoms with Gasteiger partial charge in [-0.25, -0.2) is 18.7 Å². The van der Waals surface area contributed by atoms with Crippen molar-refractivity contribution >= 4 is 27.6 Å². The maximum atomic E-state index is 12.7. The van der Waals surface area contributed by atoms with E-state index in [9.17, 15) is 8.78 Å². The van der Waals surface area contributed by atoms with Crippen molar-refractivity contribution < 1.29 is 13.9 Å². The van der Waals surface area contributed by atoms with Crippen molar-refractivity contribution in [1.29, 1.82) is 0 Å². The highest BCUT2D eigenvalue weighted by molar-refractivity contribution is 9.10. The first-order valence-electron chi connectivity index (χ1n) is 3.95. The maximum Gasteiger partial charge on any atom is 0.287 e. The molecule has 1 heterocycles. The minimum absolute atomic E-state index is 0.153. The van der Waals surface area contributed by atoms with Crippen LogP contribution in [0.15, 0.2) is 10.8 Å². The van der Waals surface area contributed by atoms with E-state index in [4.69, 9.17) is 10.8 Å². The molecule has 1 rings (SSSR count). The van der Waals surface area contributed by atoms with Gasteiger partial charge in [-0.15, -0.1) is 0 Å². The van der Waals surface area contributed by atoms with E-state index in [2.05, 4.69) is 31.2 Å². The molecule has 0 atom stereocenters. The van der Waals surface area contributed by atoms with Gasteiger partial charge in [0.05, 0.1) is 6.54 Å². The first-order chi connectivity index (χ1) is 6.96. The quantitative estimate of drug-likeness (QED) is 0.763. The van der Waals surface area contributed by atoms with Crippen LogP contribution < -0.4 is 11.1 Å². The molecule has 5 nitrogen and oxygen atoms in total. The van der Waals surface area contributed by atoms with E-state index in [1.807, 2.05) is 0 Å². The number of hydrogen-bond acceptors (Lipinski definition) is 5. The molecule has 0 amide bonds. The number of anilines is 2. The molecule has 1 aromatic rings. The van der Waals surface area contributed by atoms with Gasteiger partial charge in [0.1, 0.15) is 29.0 Å². The van der Waals surface area contributed by atoms with Crippen LogP contribution in [0.2, 0.25) is 0 Å². The van der Waals surface area contributed by atoms with Crippen LogP contribution in [0.5, 0.6) is 0 Å². The van der Waals surface area contributed by atoms with E-state index in [1.165, 1.54) is 0 Å². The van der Waals surface area contributed by atoms with Crippen LogP contribution in [-0.2, 0) is 0 Å². The third kappa shape index (κ3) is 3.24. The number of hydrogen-bond donors (Lipinski definition) is 3. The van der Waals surface area contributed by atoms with Gasteiger partial charge in [0, 0.05) is 0 Å². The first kappa shape index (κ1) is 12.1. The topological polar surface area (TPSA) is 84.1 Å². The van der Waals surface area contributed by atoms with Crippen LogP contribution in [-0.4, -0.2) is 34.1 Å². The van der Waals surface area contributed by atoms with Crippen molar-refractivity contribution in [2.45, 2.75) is 5.92 Å². The summed E-state index contributed by atoms with van der Waals surface area (Å²) < 4.78 is 25.7. The second kappa shape index (κ2) is 4.67. The highest BCUT2D eigenvalue weighted by Crippen LogP contribution is 2.24. The standard InChI is InChI=1S/C7H9BrF2N4O/c8-4-5(11)13-3-14-6(4)12-1-7(9,10)2-15/h3,15H,1-2H2,(H3,11,12,13,14). The third-order valence-corrected chi connectivity index (χ3v) is 2.34. The van der Waals surface area contributed by atoms with E-state index in [0.717, 1.165) is 6.33 Å². The van der Waals surface area contributed by atoms with Crippen LogP contribution in [0.1, 0.15) is 0 Å². The van der Waals surface area contributed by atoms with Crippen molar-refractivity contribution in [3.05, 3.63) is 10.8 Å². The minimum atomic E-state index is -3.20. The number of aliphatic hydroxyl groups is 1. The summed E-state index contributed by atoms with van der Waals surface area (Å²) in [5.41, 5.74) is 5.42. The molecule has 0 fully saturated rings. The number of halogens is 3. The second-order valence-electron chi connectivity index (χ2n) is 2.79. The molecular weight excluding hydrogens is 274 g/mol. The molecule has 1 aromatic heterocycles. The molecule has 0 aliphatic carbocycles. The zero-order valence-corrected chi connectivity index (χ0v) is 9.13. The van der Waals surface area contributed by atoms with Crippen molar-refractivity contribution in [3.63, 3.8) is 0 Å². The average molecular weight is 283 g/mol. The molecule has 15 heavy (non-hydrogen) atoms. The van der Waals surface area contributed by atoms with E-state index >= 15 is 0 Å². The summed E-state index contributed by atoms with van der Waals surface area (Å²) in [5.74, 6) is -2.88. The number of rotatable bonds is 4. The molecule has 0 spiro atoms. The van der Waals surface area contributed by atoms with Gasteiger partial charge in [0.25, 0.3) is 5.92 Å². The van der Waals surface area contributed by atoms with E-state index < -0.39 is 19.1 Å². The predicted molar refractivity (Wildman–Crippen MR) is 54.7 cm³/mol. The molecule has 4 N–H and O–H groups in total. The van der Waals surface area contributed by atoms with Crippen LogP contribution in [0.3, 0.4) is 0 Å². The van der Waals surface area contributed by atoms with Crippen molar-refractivity contribution in [1.82, 2.24) is 9.97 Å². The third-order valence-electron chi connectivity index (χ3n) is 1.56. The lowest BCUT2D eigenvalue weighted by Crippen LogP contribution is -2.31. The summed E-state index contributed by atoms with van der Waals surface area (Å²) in [6, 6.07) is 0. The molecule has 0 aliphatic rings. The zero-order valence-electron chi connectivity index (χ0n) is 7.54. The Bertz CT molecular complexity index is 350. The van der Waals surface area contributed by atoms with Gasteiger partial charge in [-0.2, -0.15) is 0 Å². The summed E-state index contributed by atoms with van der Waals surface area (Å²) in [5, 5.41) is 10.7. The molecule has 0 unspecified atom stereocenters. The predicted octanol–water partition coefficient (Wildman–Crippen LogP) is 0.861. The zero-order chi connectivity index (χ0) is 11.5. The summed E-state index contributed by atoms with van der Waals surface area (Å²) >= 11 is 3.05. The number of nitrogen functional groups attached to an aromatic ring is 1. The lowest BCUT2D eigenvalue weighted by Gasteiger charge is -2.15. The van der Waals surface area contributed by atoms with Gasteiger partial charge < -0.3 is 16.2 Å². The highest BCUT2D eigenvalue weighted by atomic mass is 79.9. The van der Waals surface area contributed by atoms with Gasteiger partial charge in [-0.3, -0.25) is 0 Å². The smallest absolute Gasteiger partial charge is 0.287 e.